The second kappa shape index (κ2) is 8.00. The molecule has 0 aliphatic carbocycles. The third kappa shape index (κ3) is 4.44. The molecular formula is C15H22ClN3O2. The van der Waals surface area contributed by atoms with E-state index in [9.17, 15) is 9.59 Å². The first-order valence-corrected chi connectivity index (χ1v) is 6.93. The maximum Gasteiger partial charge on any atom is 0.242 e. The Morgan fingerprint density at radius 2 is 2.00 bits per heavy atom. The van der Waals surface area contributed by atoms with Gasteiger partial charge in [-0.15, -0.1) is 12.4 Å². The molecule has 5 nitrogen and oxygen atoms in total. The number of nitrogens with zero attached hydrogens (tertiary/aromatic N) is 1. The largest absolute Gasteiger partial charge is 0.346 e. The van der Waals surface area contributed by atoms with Gasteiger partial charge in [0, 0.05) is 18.5 Å². The topological polar surface area (TPSA) is 75.4 Å². The van der Waals surface area contributed by atoms with E-state index < -0.39 is 0 Å². The Labute approximate surface area is 131 Å². The molecule has 1 heterocycles. The van der Waals surface area contributed by atoms with Gasteiger partial charge in [0.2, 0.25) is 11.8 Å². The quantitative estimate of drug-likeness (QED) is 0.867. The molecule has 0 radical (unpaired) electrons. The highest BCUT2D eigenvalue weighted by molar-refractivity contribution is 5.86. The van der Waals surface area contributed by atoms with Crippen LogP contribution in [0.3, 0.4) is 0 Å². The summed E-state index contributed by atoms with van der Waals surface area (Å²) in [5, 5.41) is 2.53. The predicted molar refractivity (Wildman–Crippen MR) is 84.3 cm³/mol. The van der Waals surface area contributed by atoms with E-state index in [4.69, 9.17) is 5.73 Å². The summed E-state index contributed by atoms with van der Waals surface area (Å²) in [5.41, 5.74) is 6.46. The summed E-state index contributed by atoms with van der Waals surface area (Å²) in [6, 6.07) is 10.4. The summed E-state index contributed by atoms with van der Waals surface area (Å²) >= 11 is 0. The van der Waals surface area contributed by atoms with E-state index >= 15 is 0 Å². The number of nitrogens with two attached hydrogens (primary N) is 1. The van der Waals surface area contributed by atoms with Crippen LogP contribution < -0.4 is 11.1 Å². The molecule has 21 heavy (non-hydrogen) atoms. The van der Waals surface area contributed by atoms with Crippen LogP contribution in [0.2, 0.25) is 0 Å². The van der Waals surface area contributed by atoms with Crippen molar-refractivity contribution in [2.45, 2.75) is 25.3 Å². The molecule has 2 amide bonds. The number of carbonyl (C=O) groups excluding carboxylic acids is 2. The van der Waals surface area contributed by atoms with Gasteiger partial charge in [-0.3, -0.25) is 9.59 Å². The van der Waals surface area contributed by atoms with Gasteiger partial charge in [0.05, 0.1) is 13.1 Å². The Kier molecular flexibility index (Phi) is 6.65. The van der Waals surface area contributed by atoms with Crippen molar-refractivity contribution in [2.75, 3.05) is 19.6 Å². The molecular weight excluding hydrogens is 290 g/mol. The van der Waals surface area contributed by atoms with Crippen molar-refractivity contribution in [3.63, 3.8) is 0 Å². The van der Waals surface area contributed by atoms with Gasteiger partial charge in [0.1, 0.15) is 0 Å². The molecule has 1 aliphatic heterocycles. The first-order chi connectivity index (χ1) is 9.61. The third-order valence-corrected chi connectivity index (χ3v) is 3.79. The predicted octanol–water partition coefficient (Wildman–Crippen LogP) is 0.888. The van der Waals surface area contributed by atoms with Crippen LogP contribution in [-0.2, 0) is 9.59 Å². The Morgan fingerprint density at radius 1 is 1.33 bits per heavy atom. The van der Waals surface area contributed by atoms with E-state index in [2.05, 4.69) is 17.4 Å². The van der Waals surface area contributed by atoms with E-state index in [0.717, 1.165) is 6.42 Å². The fraction of sp³-hybridized carbons (Fsp3) is 0.467. The zero-order valence-electron chi connectivity index (χ0n) is 12.1. The molecule has 0 bridgehead atoms. The third-order valence-electron chi connectivity index (χ3n) is 3.79. The number of hydrogen-bond acceptors (Lipinski definition) is 3. The maximum atomic E-state index is 12.1. The molecule has 2 atom stereocenters. The van der Waals surface area contributed by atoms with Gasteiger partial charge in [0.25, 0.3) is 0 Å². The standard InChI is InChI=1S/C15H21N3O2.ClH/c1-11-7-13(12-5-3-2-4-6-12)10-18(11)15(20)9-17-14(19)8-16;/h2-6,11,13H,7-10,16H2,1H3,(H,17,19);1H. The number of rotatable bonds is 4. The number of halogens is 1. The second-order valence-electron chi connectivity index (χ2n) is 5.22. The van der Waals surface area contributed by atoms with Crippen molar-refractivity contribution >= 4 is 24.2 Å². The maximum absolute atomic E-state index is 12.1. The zero-order chi connectivity index (χ0) is 14.5. The summed E-state index contributed by atoms with van der Waals surface area (Å²) < 4.78 is 0. The molecule has 116 valence electrons. The minimum atomic E-state index is -0.301. The Balaban J connectivity index is 0.00000220. The van der Waals surface area contributed by atoms with E-state index in [1.807, 2.05) is 30.0 Å². The number of carbonyl (C=O) groups is 2. The van der Waals surface area contributed by atoms with Gasteiger partial charge >= 0.3 is 0 Å². The van der Waals surface area contributed by atoms with Crippen LogP contribution in [0.1, 0.15) is 24.8 Å². The van der Waals surface area contributed by atoms with Crippen LogP contribution in [0, 0.1) is 0 Å². The normalized spacial score (nSPS) is 20.8. The average Bonchev–Trinajstić information content (AvgIpc) is 2.87. The molecule has 0 spiro atoms. The highest BCUT2D eigenvalue weighted by Crippen LogP contribution is 2.31. The van der Waals surface area contributed by atoms with Crippen LogP contribution in [0.25, 0.3) is 0 Å². The summed E-state index contributed by atoms with van der Waals surface area (Å²) in [6.45, 7) is 2.70. The van der Waals surface area contributed by atoms with Crippen molar-refractivity contribution in [2.24, 2.45) is 5.73 Å². The number of amides is 2. The highest BCUT2D eigenvalue weighted by Gasteiger charge is 2.32. The lowest BCUT2D eigenvalue weighted by Gasteiger charge is -2.21. The molecule has 2 rings (SSSR count). The van der Waals surface area contributed by atoms with Gasteiger partial charge in [-0.1, -0.05) is 30.3 Å². The van der Waals surface area contributed by atoms with Gasteiger partial charge in [-0.2, -0.15) is 0 Å². The second-order valence-corrected chi connectivity index (χ2v) is 5.22. The molecule has 1 saturated heterocycles. The van der Waals surface area contributed by atoms with Crippen molar-refractivity contribution in [1.82, 2.24) is 10.2 Å². The monoisotopic (exact) mass is 311 g/mol. The summed E-state index contributed by atoms with van der Waals surface area (Å²) in [7, 11) is 0. The lowest BCUT2D eigenvalue weighted by molar-refractivity contribution is -0.133. The molecule has 1 aromatic rings. The molecule has 1 fully saturated rings. The molecule has 2 unspecified atom stereocenters. The molecule has 1 aromatic carbocycles. The SMILES string of the molecule is CC1CC(c2ccccc2)CN1C(=O)CNC(=O)CN.Cl. The lowest BCUT2D eigenvalue weighted by atomic mass is 9.97. The first kappa shape index (κ1) is 17.5. The fourth-order valence-corrected chi connectivity index (χ4v) is 2.69. The van der Waals surface area contributed by atoms with Crippen molar-refractivity contribution in [3.05, 3.63) is 35.9 Å². The van der Waals surface area contributed by atoms with E-state index in [1.165, 1.54) is 5.56 Å². The molecule has 0 aromatic heterocycles. The van der Waals surface area contributed by atoms with Gasteiger partial charge < -0.3 is 16.0 Å². The van der Waals surface area contributed by atoms with Crippen LogP contribution in [0.15, 0.2) is 30.3 Å². The van der Waals surface area contributed by atoms with Gasteiger partial charge in [-0.05, 0) is 18.9 Å². The fourth-order valence-electron chi connectivity index (χ4n) is 2.69. The minimum absolute atomic E-state index is 0. The number of nitrogens with one attached hydrogen (secondary N) is 1. The number of benzene rings is 1. The Hall–Kier alpha value is -1.59. The van der Waals surface area contributed by atoms with Gasteiger partial charge in [0.15, 0.2) is 0 Å². The highest BCUT2D eigenvalue weighted by atomic mass is 35.5. The summed E-state index contributed by atoms with van der Waals surface area (Å²) in [4.78, 5) is 25.1. The van der Waals surface area contributed by atoms with Crippen molar-refractivity contribution < 1.29 is 9.59 Å². The van der Waals surface area contributed by atoms with Crippen LogP contribution in [-0.4, -0.2) is 42.4 Å². The molecule has 0 saturated carbocycles. The molecule has 6 heteroatoms. The van der Waals surface area contributed by atoms with E-state index in [-0.39, 0.29) is 43.4 Å². The van der Waals surface area contributed by atoms with E-state index in [1.54, 1.807) is 0 Å². The molecule has 3 N–H and O–H groups in total. The van der Waals surface area contributed by atoms with Crippen LogP contribution in [0.5, 0.6) is 0 Å². The zero-order valence-corrected chi connectivity index (χ0v) is 12.9. The van der Waals surface area contributed by atoms with Crippen molar-refractivity contribution in [1.29, 1.82) is 0 Å². The Bertz CT molecular complexity index is 481. The number of likely N-dealkylation sites (tertiary alicyclic amines) is 1. The van der Waals surface area contributed by atoms with Gasteiger partial charge in [-0.25, -0.2) is 0 Å². The first-order valence-electron chi connectivity index (χ1n) is 6.93. The molecule has 1 aliphatic rings. The Morgan fingerprint density at radius 3 is 2.62 bits per heavy atom. The summed E-state index contributed by atoms with van der Waals surface area (Å²) in [6.07, 6.45) is 0.959. The average molecular weight is 312 g/mol. The van der Waals surface area contributed by atoms with Crippen LogP contribution >= 0.6 is 12.4 Å². The van der Waals surface area contributed by atoms with E-state index in [0.29, 0.717) is 12.5 Å². The number of hydrogen-bond donors (Lipinski definition) is 2. The lowest BCUT2D eigenvalue weighted by Crippen LogP contribution is -2.43. The van der Waals surface area contributed by atoms with Crippen molar-refractivity contribution in [3.8, 4) is 0 Å². The minimum Gasteiger partial charge on any atom is -0.346 e. The summed E-state index contributed by atoms with van der Waals surface area (Å²) in [5.74, 6) is 0.0305. The smallest absolute Gasteiger partial charge is 0.242 e. The van der Waals surface area contributed by atoms with Crippen LogP contribution in [0.4, 0.5) is 0 Å².